The van der Waals surface area contributed by atoms with Gasteiger partial charge in [0.05, 0.1) is 17.1 Å². The fourth-order valence-corrected chi connectivity index (χ4v) is 2.43. The van der Waals surface area contributed by atoms with Gasteiger partial charge in [0, 0.05) is 19.7 Å². The zero-order valence-corrected chi connectivity index (χ0v) is 14.3. The molecule has 6 heteroatoms. The Bertz CT molecular complexity index is 870. The van der Waals surface area contributed by atoms with E-state index < -0.39 is 0 Å². The monoisotopic (exact) mass is 334 g/mol. The molecule has 0 N–H and O–H groups in total. The zero-order chi connectivity index (χ0) is 18.0. The van der Waals surface area contributed by atoms with Gasteiger partial charge in [-0.2, -0.15) is 10.1 Å². The minimum atomic E-state index is -0.256. The third kappa shape index (κ3) is 3.33. The van der Waals surface area contributed by atoms with Gasteiger partial charge in [-0.15, -0.1) is 0 Å². The minimum Gasteiger partial charge on any atom is -0.316 e. The summed E-state index contributed by atoms with van der Waals surface area (Å²) in [5.74, 6) is -0.305. The summed E-state index contributed by atoms with van der Waals surface area (Å²) in [7, 11) is 1.71. The number of hydrogen-bond acceptors (Lipinski definition) is 4. The van der Waals surface area contributed by atoms with E-state index in [1.165, 1.54) is 11.9 Å². The average Bonchev–Trinajstić information content (AvgIpc) is 2.90. The van der Waals surface area contributed by atoms with Crippen LogP contribution >= 0.6 is 0 Å². The van der Waals surface area contributed by atoms with Crippen molar-refractivity contribution >= 4 is 40.3 Å². The minimum absolute atomic E-state index is 0.0495. The molecule has 2 amide bonds. The van der Waals surface area contributed by atoms with Crippen molar-refractivity contribution in [3.05, 3.63) is 54.6 Å². The molecule has 0 unspecified atom stereocenters. The van der Waals surface area contributed by atoms with Gasteiger partial charge in [-0.3, -0.25) is 9.59 Å². The molecule has 0 saturated carbocycles. The molecular formula is C19H18N4O2. The normalized spacial score (nSPS) is 15.5. The molecule has 6 nitrogen and oxygen atoms in total. The molecule has 0 aliphatic carbocycles. The molecule has 2 aromatic rings. The number of aliphatic imine (C=N–C) groups is 1. The summed E-state index contributed by atoms with van der Waals surface area (Å²) >= 11 is 0. The Morgan fingerprint density at radius 3 is 2.32 bits per heavy atom. The van der Waals surface area contributed by atoms with Crippen LogP contribution in [-0.2, 0) is 9.59 Å². The zero-order valence-electron chi connectivity index (χ0n) is 14.3. The van der Waals surface area contributed by atoms with Gasteiger partial charge in [-0.1, -0.05) is 18.2 Å². The van der Waals surface area contributed by atoms with E-state index in [-0.39, 0.29) is 11.8 Å². The predicted octanol–water partition coefficient (Wildman–Crippen LogP) is 3.16. The van der Waals surface area contributed by atoms with Crippen LogP contribution in [0.4, 0.5) is 17.1 Å². The van der Waals surface area contributed by atoms with E-state index in [4.69, 9.17) is 0 Å². The maximum Gasteiger partial charge on any atom is 0.299 e. The summed E-state index contributed by atoms with van der Waals surface area (Å²) in [6.07, 6.45) is 0. The van der Waals surface area contributed by atoms with Crippen LogP contribution in [0.5, 0.6) is 0 Å². The van der Waals surface area contributed by atoms with Gasteiger partial charge in [-0.05, 0) is 43.3 Å². The number of carbonyl (C=O) groups excluding carboxylic acids is 2. The molecule has 0 bridgehead atoms. The third-order valence-corrected chi connectivity index (χ3v) is 3.94. The van der Waals surface area contributed by atoms with E-state index in [0.717, 1.165) is 5.69 Å². The molecule has 0 saturated heterocycles. The Labute approximate surface area is 146 Å². The van der Waals surface area contributed by atoms with E-state index in [2.05, 4.69) is 10.1 Å². The van der Waals surface area contributed by atoms with Gasteiger partial charge in [0.2, 0.25) is 5.91 Å². The number of amides is 2. The second-order valence-electron chi connectivity index (χ2n) is 5.69. The van der Waals surface area contributed by atoms with Crippen molar-refractivity contribution in [2.45, 2.75) is 13.8 Å². The molecule has 0 fully saturated rings. The van der Waals surface area contributed by atoms with Crippen LogP contribution in [0.2, 0.25) is 0 Å². The number of rotatable bonds is 3. The highest BCUT2D eigenvalue weighted by molar-refractivity contribution is 6.71. The highest BCUT2D eigenvalue weighted by Crippen LogP contribution is 2.23. The Morgan fingerprint density at radius 1 is 1.08 bits per heavy atom. The largest absolute Gasteiger partial charge is 0.316 e. The molecule has 25 heavy (non-hydrogen) atoms. The topological polar surface area (TPSA) is 65.3 Å². The van der Waals surface area contributed by atoms with Crippen molar-refractivity contribution < 1.29 is 9.59 Å². The van der Waals surface area contributed by atoms with E-state index >= 15 is 0 Å². The van der Waals surface area contributed by atoms with Crippen LogP contribution in [0.1, 0.15) is 13.8 Å². The van der Waals surface area contributed by atoms with Crippen molar-refractivity contribution in [1.82, 2.24) is 0 Å². The SMILES string of the molecule is CC(=O)N(C)c1ccc(N=C2C(=O)N(c3ccccc3)N=C2C)cc1. The first kappa shape index (κ1) is 16.6. The van der Waals surface area contributed by atoms with Crippen molar-refractivity contribution in [1.29, 1.82) is 0 Å². The number of benzene rings is 2. The van der Waals surface area contributed by atoms with Gasteiger partial charge in [0.15, 0.2) is 5.71 Å². The molecule has 2 aromatic carbocycles. The first-order valence-corrected chi connectivity index (χ1v) is 7.85. The summed E-state index contributed by atoms with van der Waals surface area (Å²) < 4.78 is 0. The van der Waals surface area contributed by atoms with Gasteiger partial charge in [0.1, 0.15) is 0 Å². The Hall–Kier alpha value is -3.28. The van der Waals surface area contributed by atoms with Crippen molar-refractivity contribution in [2.75, 3.05) is 17.0 Å². The van der Waals surface area contributed by atoms with E-state index in [1.54, 1.807) is 43.1 Å². The summed E-state index contributed by atoms with van der Waals surface area (Å²) in [6, 6.07) is 16.4. The highest BCUT2D eigenvalue weighted by atomic mass is 16.2. The number of nitrogens with zero attached hydrogens (tertiary/aromatic N) is 4. The lowest BCUT2D eigenvalue weighted by Gasteiger charge is -2.14. The number of hydrogen-bond donors (Lipinski definition) is 0. The summed E-state index contributed by atoms with van der Waals surface area (Å²) in [4.78, 5) is 30.0. The summed E-state index contributed by atoms with van der Waals surface area (Å²) in [5, 5.41) is 5.66. The molecule has 3 rings (SSSR count). The first-order valence-electron chi connectivity index (χ1n) is 7.85. The number of anilines is 2. The lowest BCUT2D eigenvalue weighted by molar-refractivity contribution is -0.116. The summed E-state index contributed by atoms with van der Waals surface area (Å²) in [5.41, 5.74) is 2.99. The Balaban J connectivity index is 1.86. The number of hydrazone groups is 1. The molecule has 0 atom stereocenters. The quantitative estimate of drug-likeness (QED) is 0.865. The average molecular weight is 334 g/mol. The predicted molar refractivity (Wildman–Crippen MR) is 99.7 cm³/mol. The van der Waals surface area contributed by atoms with Crippen LogP contribution in [0.3, 0.4) is 0 Å². The van der Waals surface area contributed by atoms with Gasteiger partial charge >= 0.3 is 0 Å². The summed E-state index contributed by atoms with van der Waals surface area (Å²) in [6.45, 7) is 3.26. The highest BCUT2D eigenvalue weighted by Gasteiger charge is 2.30. The molecule has 0 aromatic heterocycles. The fourth-order valence-electron chi connectivity index (χ4n) is 2.43. The fraction of sp³-hybridized carbons (Fsp3) is 0.158. The molecule has 1 heterocycles. The second kappa shape index (κ2) is 6.68. The third-order valence-electron chi connectivity index (χ3n) is 3.94. The van der Waals surface area contributed by atoms with Crippen LogP contribution in [0.25, 0.3) is 0 Å². The van der Waals surface area contributed by atoms with E-state index in [9.17, 15) is 9.59 Å². The van der Waals surface area contributed by atoms with E-state index in [1.807, 2.05) is 30.3 Å². The Morgan fingerprint density at radius 2 is 1.72 bits per heavy atom. The van der Waals surface area contributed by atoms with Crippen LogP contribution in [0.15, 0.2) is 64.7 Å². The number of para-hydroxylation sites is 1. The second-order valence-corrected chi connectivity index (χ2v) is 5.69. The van der Waals surface area contributed by atoms with E-state index in [0.29, 0.717) is 22.8 Å². The van der Waals surface area contributed by atoms with Crippen molar-refractivity contribution in [3.63, 3.8) is 0 Å². The standard InChI is InChI=1S/C19H18N4O2/c1-13-18(19(25)23(21-13)17-7-5-4-6-8-17)20-15-9-11-16(12-10-15)22(3)14(2)24/h4-12H,1-3H3. The van der Waals surface area contributed by atoms with Gasteiger partial charge in [0.25, 0.3) is 5.91 Å². The number of carbonyl (C=O) groups is 2. The lowest BCUT2D eigenvalue weighted by atomic mass is 10.2. The lowest BCUT2D eigenvalue weighted by Crippen LogP contribution is -2.27. The van der Waals surface area contributed by atoms with Crippen LogP contribution < -0.4 is 9.91 Å². The van der Waals surface area contributed by atoms with Crippen LogP contribution in [-0.4, -0.2) is 30.3 Å². The van der Waals surface area contributed by atoms with Crippen molar-refractivity contribution in [3.8, 4) is 0 Å². The molecule has 1 aliphatic heterocycles. The molecule has 126 valence electrons. The van der Waals surface area contributed by atoms with Gasteiger partial charge in [-0.25, -0.2) is 4.99 Å². The molecule has 0 radical (unpaired) electrons. The van der Waals surface area contributed by atoms with Gasteiger partial charge < -0.3 is 4.90 Å². The molecular weight excluding hydrogens is 316 g/mol. The smallest absolute Gasteiger partial charge is 0.299 e. The molecule has 1 aliphatic rings. The molecule has 0 spiro atoms. The first-order chi connectivity index (χ1) is 12.0. The maximum atomic E-state index is 12.6. The van der Waals surface area contributed by atoms with Crippen LogP contribution in [0, 0.1) is 0 Å². The maximum absolute atomic E-state index is 12.6. The Kier molecular flexibility index (Phi) is 4.43. The van der Waals surface area contributed by atoms with Crippen molar-refractivity contribution in [2.24, 2.45) is 10.1 Å².